The normalized spacial score (nSPS) is 12.8. The van der Waals surface area contributed by atoms with Gasteiger partial charge in [-0.3, -0.25) is 4.79 Å². The Morgan fingerprint density at radius 2 is 1.74 bits per heavy atom. The minimum absolute atomic E-state index is 0.0577. The summed E-state index contributed by atoms with van der Waals surface area (Å²) in [5, 5.41) is 18.5. The maximum absolute atomic E-state index is 12.9. The molecule has 0 spiro atoms. The van der Waals surface area contributed by atoms with Crippen molar-refractivity contribution in [1.29, 1.82) is 0 Å². The molecule has 0 saturated heterocycles. The smallest absolute Gasteiger partial charge is 0.274 e. The Balaban J connectivity index is 1.53. The summed E-state index contributed by atoms with van der Waals surface area (Å²) in [6.45, 7) is 6.61. The van der Waals surface area contributed by atoms with Gasteiger partial charge in [0.2, 0.25) is 0 Å². The summed E-state index contributed by atoms with van der Waals surface area (Å²) in [6.07, 6.45) is -0.871. The second kappa shape index (κ2) is 8.65. The molecule has 0 bridgehead atoms. The molecule has 0 fully saturated rings. The van der Waals surface area contributed by atoms with Gasteiger partial charge in [-0.1, -0.05) is 57.2 Å². The molecule has 0 unspecified atom stereocenters. The summed E-state index contributed by atoms with van der Waals surface area (Å²) in [4.78, 5) is 13.9. The van der Waals surface area contributed by atoms with Crippen LogP contribution in [0.4, 0.5) is 0 Å². The van der Waals surface area contributed by atoms with Crippen LogP contribution in [0.25, 0.3) is 21.3 Å². The minimum atomic E-state index is -0.871. The zero-order chi connectivity index (χ0) is 22.0. The quantitative estimate of drug-likeness (QED) is 0.471. The zero-order valence-electron chi connectivity index (χ0n) is 17.9. The Morgan fingerprint density at radius 3 is 2.39 bits per heavy atom. The molecule has 5 nitrogen and oxygen atoms in total. The summed E-state index contributed by atoms with van der Waals surface area (Å²) < 4.78 is 7.09. The number of aliphatic hydroxyl groups excluding tert-OH is 1. The molecule has 4 rings (SSSR count). The summed E-state index contributed by atoms with van der Waals surface area (Å²) in [5.41, 5.74) is 1.82. The van der Waals surface area contributed by atoms with E-state index in [9.17, 15) is 9.90 Å². The van der Waals surface area contributed by atoms with Gasteiger partial charge in [-0.15, -0.1) is 11.3 Å². The molecule has 2 aromatic carbocycles. The number of thiophene rings is 1. The van der Waals surface area contributed by atoms with Crippen LogP contribution in [0.3, 0.4) is 0 Å². The highest BCUT2D eigenvalue weighted by Gasteiger charge is 2.16. The van der Waals surface area contributed by atoms with Crippen LogP contribution in [0.5, 0.6) is 5.75 Å². The van der Waals surface area contributed by atoms with Crippen LogP contribution >= 0.6 is 11.3 Å². The number of ether oxygens (including phenoxy) is 1. The fourth-order valence-electron chi connectivity index (χ4n) is 3.45. The standard InChI is InChI=1S/C25H26N2O3S/c1-25(2,3)17-10-12-19(13-11-17)30-16-18(28)15-27-24(29)21-8-5-4-7-20(21)23(26-27)22-9-6-14-31-22/h4-14,18,28H,15-16H2,1-3H3/t18-/m0/s1. The van der Waals surface area contributed by atoms with Gasteiger partial charge >= 0.3 is 0 Å². The summed E-state index contributed by atoms with van der Waals surface area (Å²) in [5.74, 6) is 0.685. The van der Waals surface area contributed by atoms with Gasteiger partial charge in [-0.25, -0.2) is 4.68 Å². The molecule has 6 heteroatoms. The summed E-state index contributed by atoms with van der Waals surface area (Å²) in [7, 11) is 0. The van der Waals surface area contributed by atoms with E-state index in [1.54, 1.807) is 17.4 Å². The van der Waals surface area contributed by atoms with E-state index in [1.807, 2.05) is 60.0 Å². The molecule has 0 amide bonds. The van der Waals surface area contributed by atoms with Crippen LogP contribution in [0.2, 0.25) is 0 Å². The van der Waals surface area contributed by atoms with E-state index in [4.69, 9.17) is 4.74 Å². The zero-order valence-corrected chi connectivity index (χ0v) is 18.7. The Hall–Kier alpha value is -2.96. The molecule has 2 heterocycles. The molecule has 2 aromatic heterocycles. The van der Waals surface area contributed by atoms with E-state index in [1.165, 1.54) is 10.2 Å². The highest BCUT2D eigenvalue weighted by atomic mass is 32.1. The predicted octanol–water partition coefficient (Wildman–Crippen LogP) is 4.86. The van der Waals surface area contributed by atoms with Crippen LogP contribution in [-0.4, -0.2) is 27.6 Å². The van der Waals surface area contributed by atoms with Crippen LogP contribution in [-0.2, 0) is 12.0 Å². The molecule has 160 valence electrons. The lowest BCUT2D eigenvalue weighted by molar-refractivity contribution is 0.0882. The first-order valence-electron chi connectivity index (χ1n) is 10.3. The second-order valence-electron chi connectivity index (χ2n) is 8.60. The molecule has 31 heavy (non-hydrogen) atoms. The highest BCUT2D eigenvalue weighted by Crippen LogP contribution is 2.28. The number of aliphatic hydroxyl groups is 1. The Bertz CT molecular complexity index is 1220. The number of fused-ring (bicyclic) bond motifs is 1. The van der Waals surface area contributed by atoms with Gasteiger partial charge in [-0.2, -0.15) is 5.10 Å². The molecular weight excluding hydrogens is 408 g/mol. The molecule has 0 aliphatic carbocycles. The first-order valence-corrected chi connectivity index (χ1v) is 11.2. The second-order valence-corrected chi connectivity index (χ2v) is 9.55. The fraction of sp³-hybridized carbons (Fsp3) is 0.280. The van der Waals surface area contributed by atoms with E-state index in [0.717, 1.165) is 16.0 Å². The average molecular weight is 435 g/mol. The van der Waals surface area contributed by atoms with Gasteiger partial charge in [0.05, 0.1) is 16.8 Å². The topological polar surface area (TPSA) is 64.3 Å². The van der Waals surface area contributed by atoms with Gasteiger partial charge in [0.15, 0.2) is 0 Å². The third kappa shape index (κ3) is 4.70. The van der Waals surface area contributed by atoms with Crippen molar-refractivity contribution in [3.63, 3.8) is 0 Å². The lowest BCUT2D eigenvalue weighted by Crippen LogP contribution is -2.32. The van der Waals surface area contributed by atoms with Gasteiger partial charge in [0.1, 0.15) is 24.2 Å². The van der Waals surface area contributed by atoms with Crippen molar-refractivity contribution >= 4 is 22.1 Å². The van der Waals surface area contributed by atoms with E-state index in [0.29, 0.717) is 11.1 Å². The number of hydrogen-bond acceptors (Lipinski definition) is 5. The van der Waals surface area contributed by atoms with Crippen LogP contribution < -0.4 is 10.3 Å². The van der Waals surface area contributed by atoms with E-state index in [2.05, 4.69) is 25.9 Å². The number of hydrogen-bond donors (Lipinski definition) is 1. The first kappa shape index (κ1) is 21.3. The maximum Gasteiger partial charge on any atom is 0.274 e. The largest absolute Gasteiger partial charge is 0.491 e. The number of benzene rings is 2. The van der Waals surface area contributed by atoms with Crippen molar-refractivity contribution in [1.82, 2.24) is 9.78 Å². The highest BCUT2D eigenvalue weighted by molar-refractivity contribution is 7.13. The van der Waals surface area contributed by atoms with Crippen molar-refractivity contribution < 1.29 is 9.84 Å². The van der Waals surface area contributed by atoms with Gasteiger partial charge in [0, 0.05) is 5.39 Å². The third-order valence-electron chi connectivity index (χ3n) is 5.17. The minimum Gasteiger partial charge on any atom is -0.491 e. The Morgan fingerprint density at radius 1 is 1.03 bits per heavy atom. The molecule has 0 radical (unpaired) electrons. The molecule has 0 aliphatic rings. The molecule has 1 N–H and O–H groups in total. The fourth-order valence-corrected chi connectivity index (χ4v) is 4.17. The summed E-state index contributed by atoms with van der Waals surface area (Å²) in [6, 6.07) is 19.3. The van der Waals surface area contributed by atoms with Gasteiger partial charge in [-0.05, 0) is 40.6 Å². The van der Waals surface area contributed by atoms with Gasteiger partial charge in [0.25, 0.3) is 5.56 Å². The van der Waals surface area contributed by atoms with Crippen molar-refractivity contribution in [3.8, 4) is 16.3 Å². The molecule has 0 aliphatic heterocycles. The van der Waals surface area contributed by atoms with Crippen LogP contribution in [0.15, 0.2) is 70.8 Å². The SMILES string of the molecule is CC(C)(C)c1ccc(OC[C@@H](O)Cn2nc(-c3cccs3)c3ccccc3c2=O)cc1. The monoisotopic (exact) mass is 434 g/mol. The molecule has 0 saturated carbocycles. The van der Waals surface area contributed by atoms with Crippen molar-refractivity contribution in [2.45, 2.75) is 38.8 Å². The lowest BCUT2D eigenvalue weighted by atomic mass is 9.87. The average Bonchev–Trinajstić information content (AvgIpc) is 3.29. The van der Waals surface area contributed by atoms with Crippen LogP contribution in [0, 0.1) is 0 Å². The molecule has 4 aromatic rings. The lowest BCUT2D eigenvalue weighted by Gasteiger charge is -2.19. The summed E-state index contributed by atoms with van der Waals surface area (Å²) >= 11 is 1.57. The molecular formula is C25H26N2O3S. The van der Waals surface area contributed by atoms with Crippen molar-refractivity contribution in [2.24, 2.45) is 0 Å². The number of rotatable bonds is 6. The van der Waals surface area contributed by atoms with E-state index < -0.39 is 6.10 Å². The molecule has 1 atom stereocenters. The number of nitrogens with zero attached hydrogens (tertiary/aromatic N) is 2. The van der Waals surface area contributed by atoms with Crippen molar-refractivity contribution in [3.05, 3.63) is 82.0 Å². The Labute approximate surface area is 185 Å². The number of aromatic nitrogens is 2. The third-order valence-corrected chi connectivity index (χ3v) is 6.05. The predicted molar refractivity (Wildman–Crippen MR) is 126 cm³/mol. The van der Waals surface area contributed by atoms with E-state index >= 15 is 0 Å². The van der Waals surface area contributed by atoms with Gasteiger partial charge < -0.3 is 9.84 Å². The van der Waals surface area contributed by atoms with Crippen LogP contribution in [0.1, 0.15) is 26.3 Å². The van der Waals surface area contributed by atoms with E-state index in [-0.39, 0.29) is 24.1 Å². The maximum atomic E-state index is 12.9. The Kier molecular flexibility index (Phi) is 5.94. The first-order chi connectivity index (χ1) is 14.8. The van der Waals surface area contributed by atoms with Crippen molar-refractivity contribution in [2.75, 3.05) is 6.61 Å².